The second-order valence-corrected chi connectivity index (χ2v) is 5.03. The highest BCUT2D eigenvalue weighted by atomic mass is 79.9. The van der Waals surface area contributed by atoms with E-state index in [4.69, 9.17) is 0 Å². The Kier molecular flexibility index (Phi) is 3.42. The first-order valence-corrected chi connectivity index (χ1v) is 6.09. The molecule has 0 amide bonds. The van der Waals surface area contributed by atoms with E-state index in [9.17, 15) is 9.50 Å². The second kappa shape index (κ2) is 4.62. The van der Waals surface area contributed by atoms with Crippen molar-refractivity contribution >= 4 is 15.9 Å². The molecular weight excluding hydrogens is 259 g/mol. The molecule has 15 heavy (non-hydrogen) atoms. The first-order chi connectivity index (χ1) is 7.16. The van der Waals surface area contributed by atoms with Crippen LogP contribution in [0.5, 0.6) is 0 Å². The van der Waals surface area contributed by atoms with Gasteiger partial charge < -0.3 is 5.11 Å². The minimum atomic E-state index is -0.196. The Balaban J connectivity index is 2.12. The lowest BCUT2D eigenvalue weighted by atomic mass is 9.83. The van der Waals surface area contributed by atoms with Gasteiger partial charge in [-0.05, 0) is 65.2 Å². The van der Waals surface area contributed by atoms with Crippen molar-refractivity contribution in [1.29, 1.82) is 0 Å². The van der Waals surface area contributed by atoms with E-state index in [-0.39, 0.29) is 11.9 Å². The maximum atomic E-state index is 13.3. The van der Waals surface area contributed by atoms with Crippen LogP contribution in [0.2, 0.25) is 0 Å². The third kappa shape index (κ3) is 2.58. The van der Waals surface area contributed by atoms with Gasteiger partial charge >= 0.3 is 0 Å². The number of hydrogen-bond acceptors (Lipinski definition) is 1. The summed E-state index contributed by atoms with van der Waals surface area (Å²) in [6.45, 7) is 0. The van der Waals surface area contributed by atoms with Crippen LogP contribution in [0.25, 0.3) is 0 Å². The molecule has 2 rings (SSSR count). The van der Waals surface area contributed by atoms with Crippen molar-refractivity contribution in [3.63, 3.8) is 0 Å². The fraction of sp³-hybridized carbons (Fsp3) is 0.500. The Morgan fingerprint density at radius 1 is 1.20 bits per heavy atom. The summed E-state index contributed by atoms with van der Waals surface area (Å²) in [5.41, 5.74) is 1.06. The highest BCUT2D eigenvalue weighted by molar-refractivity contribution is 9.10. The molecule has 0 saturated heterocycles. The molecule has 1 saturated carbocycles. The average molecular weight is 273 g/mol. The Bertz CT molecular complexity index is 345. The van der Waals surface area contributed by atoms with Crippen molar-refractivity contribution in [2.75, 3.05) is 0 Å². The molecule has 1 fully saturated rings. The van der Waals surface area contributed by atoms with Gasteiger partial charge in [-0.1, -0.05) is 6.07 Å². The van der Waals surface area contributed by atoms with E-state index < -0.39 is 0 Å². The van der Waals surface area contributed by atoms with Crippen LogP contribution in [0.4, 0.5) is 4.39 Å². The number of benzene rings is 1. The summed E-state index contributed by atoms with van der Waals surface area (Å²) >= 11 is 3.15. The molecule has 1 aliphatic rings. The lowest BCUT2D eigenvalue weighted by molar-refractivity contribution is 0.122. The SMILES string of the molecule is OC1CCC(c2ccc(Br)c(F)c2)CC1. The van der Waals surface area contributed by atoms with Gasteiger partial charge in [0, 0.05) is 0 Å². The summed E-state index contributed by atoms with van der Waals surface area (Å²) in [5, 5.41) is 9.39. The fourth-order valence-corrected chi connectivity index (χ4v) is 2.42. The first-order valence-electron chi connectivity index (χ1n) is 5.30. The molecule has 82 valence electrons. The zero-order valence-electron chi connectivity index (χ0n) is 8.42. The Labute approximate surface area is 97.4 Å². The van der Waals surface area contributed by atoms with E-state index in [0.717, 1.165) is 31.2 Å². The smallest absolute Gasteiger partial charge is 0.137 e. The van der Waals surface area contributed by atoms with E-state index in [1.807, 2.05) is 6.07 Å². The van der Waals surface area contributed by atoms with Gasteiger partial charge in [-0.3, -0.25) is 0 Å². The molecule has 1 nitrogen and oxygen atoms in total. The lowest BCUT2D eigenvalue weighted by Crippen LogP contribution is -2.17. The maximum Gasteiger partial charge on any atom is 0.137 e. The molecule has 0 heterocycles. The summed E-state index contributed by atoms with van der Waals surface area (Å²) in [6.07, 6.45) is 3.44. The molecule has 0 aromatic heterocycles. The summed E-state index contributed by atoms with van der Waals surface area (Å²) in [5.74, 6) is 0.217. The molecule has 1 aromatic rings. The van der Waals surface area contributed by atoms with Crippen LogP contribution >= 0.6 is 15.9 Å². The molecule has 0 radical (unpaired) electrons. The minimum Gasteiger partial charge on any atom is -0.393 e. The van der Waals surface area contributed by atoms with Crippen LogP contribution in [0.1, 0.15) is 37.2 Å². The summed E-state index contributed by atoms with van der Waals surface area (Å²) in [6, 6.07) is 5.33. The van der Waals surface area contributed by atoms with Crippen LogP contribution in [-0.4, -0.2) is 11.2 Å². The summed E-state index contributed by atoms with van der Waals surface area (Å²) < 4.78 is 13.8. The Morgan fingerprint density at radius 2 is 1.87 bits per heavy atom. The van der Waals surface area contributed by atoms with Gasteiger partial charge in [0.05, 0.1) is 10.6 Å². The van der Waals surface area contributed by atoms with Gasteiger partial charge in [0.25, 0.3) is 0 Å². The highest BCUT2D eigenvalue weighted by Gasteiger charge is 2.21. The van der Waals surface area contributed by atoms with Crippen molar-refractivity contribution in [2.24, 2.45) is 0 Å². The average Bonchev–Trinajstić information content (AvgIpc) is 2.23. The maximum absolute atomic E-state index is 13.3. The molecule has 3 heteroatoms. The molecule has 1 aromatic carbocycles. The third-order valence-electron chi connectivity index (χ3n) is 3.11. The molecule has 0 bridgehead atoms. The predicted molar refractivity (Wildman–Crippen MR) is 61.3 cm³/mol. The van der Waals surface area contributed by atoms with E-state index in [2.05, 4.69) is 15.9 Å². The van der Waals surface area contributed by atoms with Crippen LogP contribution in [0, 0.1) is 5.82 Å². The molecule has 0 unspecified atom stereocenters. The zero-order chi connectivity index (χ0) is 10.8. The Morgan fingerprint density at radius 3 is 2.47 bits per heavy atom. The van der Waals surface area contributed by atoms with Gasteiger partial charge in [0.1, 0.15) is 5.82 Å². The molecular formula is C12H14BrFO. The van der Waals surface area contributed by atoms with Crippen LogP contribution in [-0.2, 0) is 0 Å². The number of rotatable bonds is 1. The highest BCUT2D eigenvalue weighted by Crippen LogP contribution is 2.33. The molecule has 1 aliphatic carbocycles. The monoisotopic (exact) mass is 272 g/mol. The summed E-state index contributed by atoms with van der Waals surface area (Å²) in [4.78, 5) is 0. The quantitative estimate of drug-likeness (QED) is 0.828. The number of aliphatic hydroxyl groups excluding tert-OH is 1. The normalized spacial score (nSPS) is 26.6. The van der Waals surface area contributed by atoms with Crippen molar-refractivity contribution in [2.45, 2.75) is 37.7 Å². The van der Waals surface area contributed by atoms with Gasteiger partial charge in [0.2, 0.25) is 0 Å². The van der Waals surface area contributed by atoms with Crippen LogP contribution in [0.3, 0.4) is 0 Å². The fourth-order valence-electron chi connectivity index (χ4n) is 2.18. The van der Waals surface area contributed by atoms with Crippen LogP contribution in [0.15, 0.2) is 22.7 Å². The standard InChI is InChI=1S/C12H14BrFO/c13-11-6-3-9(7-12(11)14)8-1-4-10(15)5-2-8/h3,6-8,10,15H,1-2,4-5H2. The Hall–Kier alpha value is -0.410. The summed E-state index contributed by atoms with van der Waals surface area (Å²) in [7, 11) is 0. The van der Waals surface area contributed by atoms with Crippen LogP contribution < -0.4 is 0 Å². The lowest BCUT2D eigenvalue weighted by Gasteiger charge is -2.25. The van der Waals surface area contributed by atoms with Gasteiger partial charge in [-0.2, -0.15) is 0 Å². The van der Waals surface area contributed by atoms with Crippen molar-refractivity contribution in [1.82, 2.24) is 0 Å². The van der Waals surface area contributed by atoms with Gasteiger partial charge in [0.15, 0.2) is 0 Å². The third-order valence-corrected chi connectivity index (χ3v) is 3.75. The number of hydrogen-bond donors (Lipinski definition) is 1. The van der Waals surface area contributed by atoms with Crippen molar-refractivity contribution < 1.29 is 9.50 Å². The second-order valence-electron chi connectivity index (χ2n) is 4.18. The van der Waals surface area contributed by atoms with E-state index in [1.54, 1.807) is 12.1 Å². The number of halogens is 2. The molecule has 0 atom stereocenters. The molecule has 0 aliphatic heterocycles. The van der Waals surface area contributed by atoms with Crippen molar-refractivity contribution in [3.05, 3.63) is 34.1 Å². The number of aliphatic hydroxyl groups is 1. The van der Waals surface area contributed by atoms with E-state index >= 15 is 0 Å². The zero-order valence-corrected chi connectivity index (χ0v) is 10.0. The first kappa shape index (κ1) is 11.1. The van der Waals surface area contributed by atoms with Gasteiger partial charge in [-0.15, -0.1) is 0 Å². The largest absolute Gasteiger partial charge is 0.393 e. The van der Waals surface area contributed by atoms with E-state index in [1.165, 1.54) is 0 Å². The molecule has 1 N–H and O–H groups in total. The predicted octanol–water partition coefficient (Wildman–Crippen LogP) is 3.61. The van der Waals surface area contributed by atoms with Gasteiger partial charge in [-0.25, -0.2) is 4.39 Å². The molecule has 0 spiro atoms. The minimum absolute atomic E-state index is 0.151. The van der Waals surface area contributed by atoms with E-state index in [0.29, 0.717) is 10.4 Å². The topological polar surface area (TPSA) is 20.2 Å². The van der Waals surface area contributed by atoms with Crippen molar-refractivity contribution in [3.8, 4) is 0 Å².